The average molecular weight is 262 g/mol. The molecular weight excluding hydrogens is 236 g/mol. The molecule has 3 nitrogen and oxygen atoms in total. The minimum atomic E-state index is 0.0351. The molecule has 0 aromatic heterocycles. The summed E-state index contributed by atoms with van der Waals surface area (Å²) >= 11 is 0. The van der Waals surface area contributed by atoms with E-state index in [1.807, 2.05) is 0 Å². The topological polar surface area (TPSA) is 33.3 Å². The zero-order valence-electron chi connectivity index (χ0n) is 12.1. The van der Waals surface area contributed by atoms with Gasteiger partial charge in [0.05, 0.1) is 5.60 Å². The van der Waals surface area contributed by atoms with Gasteiger partial charge in [-0.2, -0.15) is 0 Å². The highest BCUT2D eigenvalue weighted by Gasteiger charge is 2.28. The summed E-state index contributed by atoms with van der Waals surface area (Å²) in [6, 6.07) is 11.1. The Morgan fingerprint density at radius 1 is 1.21 bits per heavy atom. The maximum Gasteiger partial charge on any atom is 0.0641 e. The Balaban J connectivity index is 1.57. The van der Waals surface area contributed by atoms with Gasteiger partial charge in [0.25, 0.3) is 0 Å². The van der Waals surface area contributed by atoms with E-state index in [0.29, 0.717) is 6.04 Å². The van der Waals surface area contributed by atoms with Crippen LogP contribution in [0.5, 0.6) is 0 Å². The summed E-state index contributed by atoms with van der Waals surface area (Å²) in [5, 5.41) is 7.09. The molecule has 0 spiro atoms. The highest BCUT2D eigenvalue weighted by atomic mass is 16.5. The lowest BCUT2D eigenvalue weighted by atomic mass is 9.94. The predicted molar refractivity (Wildman–Crippen MR) is 79.2 cm³/mol. The van der Waals surface area contributed by atoms with E-state index in [1.54, 1.807) is 0 Å². The van der Waals surface area contributed by atoms with E-state index >= 15 is 0 Å². The average Bonchev–Trinajstić information content (AvgIpc) is 2.38. The normalized spacial score (nSPS) is 22.3. The molecule has 1 aliphatic heterocycles. The quantitative estimate of drug-likeness (QED) is 0.772. The van der Waals surface area contributed by atoms with Gasteiger partial charge >= 0.3 is 0 Å². The van der Waals surface area contributed by atoms with Crippen LogP contribution >= 0.6 is 0 Å². The summed E-state index contributed by atoms with van der Waals surface area (Å²) in [6.07, 6.45) is 2.23. The monoisotopic (exact) mass is 262 g/mol. The highest BCUT2D eigenvalue weighted by Crippen LogP contribution is 2.23. The van der Waals surface area contributed by atoms with Crippen LogP contribution in [0.1, 0.15) is 32.3 Å². The second-order valence-electron chi connectivity index (χ2n) is 5.91. The van der Waals surface area contributed by atoms with Crippen molar-refractivity contribution in [3.05, 3.63) is 35.9 Å². The van der Waals surface area contributed by atoms with Crippen LogP contribution in [0.3, 0.4) is 0 Å². The Morgan fingerprint density at radius 3 is 2.74 bits per heavy atom. The molecule has 2 N–H and O–H groups in total. The van der Waals surface area contributed by atoms with Gasteiger partial charge in [0.15, 0.2) is 0 Å². The maximum absolute atomic E-state index is 5.73. The Kier molecular flexibility index (Phi) is 5.37. The molecule has 0 aliphatic carbocycles. The second kappa shape index (κ2) is 7.04. The van der Waals surface area contributed by atoms with Gasteiger partial charge in [-0.25, -0.2) is 0 Å². The van der Waals surface area contributed by atoms with Gasteiger partial charge in [0.1, 0.15) is 0 Å². The Morgan fingerprint density at radius 2 is 2.00 bits per heavy atom. The molecule has 1 fully saturated rings. The van der Waals surface area contributed by atoms with Gasteiger partial charge in [0.2, 0.25) is 0 Å². The largest absolute Gasteiger partial charge is 0.375 e. The van der Waals surface area contributed by atoms with E-state index in [-0.39, 0.29) is 5.60 Å². The summed E-state index contributed by atoms with van der Waals surface area (Å²) in [4.78, 5) is 0. The van der Waals surface area contributed by atoms with Crippen molar-refractivity contribution in [1.82, 2.24) is 10.6 Å². The van der Waals surface area contributed by atoms with Crippen LogP contribution < -0.4 is 10.6 Å². The van der Waals surface area contributed by atoms with Crippen molar-refractivity contribution in [2.75, 3.05) is 19.7 Å². The summed E-state index contributed by atoms with van der Waals surface area (Å²) in [5.41, 5.74) is 1.38. The number of rotatable bonds is 6. The van der Waals surface area contributed by atoms with Crippen LogP contribution in [-0.4, -0.2) is 31.3 Å². The van der Waals surface area contributed by atoms with Crippen molar-refractivity contribution in [1.29, 1.82) is 0 Å². The molecular formula is C16H26N2O. The summed E-state index contributed by atoms with van der Waals surface area (Å²) < 4.78 is 5.73. The third-order valence-corrected chi connectivity index (χ3v) is 3.60. The first-order valence-corrected chi connectivity index (χ1v) is 7.28. The molecule has 1 atom stereocenters. The molecule has 1 aromatic rings. The Bertz CT molecular complexity index is 364. The van der Waals surface area contributed by atoms with Gasteiger partial charge in [0, 0.05) is 32.3 Å². The summed E-state index contributed by atoms with van der Waals surface area (Å²) in [7, 11) is 0. The van der Waals surface area contributed by atoms with Crippen LogP contribution in [0.4, 0.5) is 0 Å². The fraction of sp³-hybridized carbons (Fsp3) is 0.625. The second-order valence-corrected chi connectivity index (χ2v) is 5.91. The highest BCUT2D eigenvalue weighted by molar-refractivity contribution is 5.14. The Hall–Kier alpha value is -0.900. The lowest BCUT2D eigenvalue weighted by molar-refractivity contribution is -0.0627. The molecule has 2 rings (SSSR count). The van der Waals surface area contributed by atoms with E-state index in [9.17, 15) is 0 Å². The van der Waals surface area contributed by atoms with Gasteiger partial charge in [-0.3, -0.25) is 0 Å². The van der Waals surface area contributed by atoms with Crippen LogP contribution in [0.15, 0.2) is 30.3 Å². The van der Waals surface area contributed by atoms with Crippen LogP contribution in [0.25, 0.3) is 0 Å². The van der Waals surface area contributed by atoms with E-state index < -0.39 is 0 Å². The standard InChI is InChI=1S/C16H26N2O/c1-16(2)12-15(8-11-19-16)18-10-9-17-13-14-6-4-3-5-7-14/h3-7,15,17-18H,8-13H2,1-2H3. The molecule has 1 unspecified atom stereocenters. The van der Waals surface area contributed by atoms with E-state index in [1.165, 1.54) is 5.56 Å². The first-order valence-electron chi connectivity index (χ1n) is 7.28. The van der Waals surface area contributed by atoms with E-state index in [2.05, 4.69) is 54.8 Å². The molecule has 3 heteroatoms. The van der Waals surface area contributed by atoms with Crippen LogP contribution in [-0.2, 0) is 11.3 Å². The Labute approximate surface area is 116 Å². The number of benzene rings is 1. The third kappa shape index (κ3) is 5.31. The lowest BCUT2D eigenvalue weighted by Gasteiger charge is -2.36. The molecule has 1 aromatic carbocycles. The fourth-order valence-corrected chi connectivity index (χ4v) is 2.60. The van der Waals surface area contributed by atoms with Crippen molar-refractivity contribution in [3.8, 4) is 0 Å². The van der Waals surface area contributed by atoms with Crippen LogP contribution in [0, 0.1) is 0 Å². The first kappa shape index (κ1) is 14.5. The summed E-state index contributed by atoms with van der Waals surface area (Å²) in [6.45, 7) is 8.20. The van der Waals surface area contributed by atoms with E-state index in [0.717, 1.165) is 39.1 Å². The molecule has 1 aliphatic rings. The van der Waals surface area contributed by atoms with Crippen molar-refractivity contribution < 1.29 is 4.74 Å². The molecule has 0 amide bonds. The molecule has 0 saturated carbocycles. The number of nitrogens with one attached hydrogen (secondary N) is 2. The van der Waals surface area contributed by atoms with Crippen LogP contribution in [0.2, 0.25) is 0 Å². The zero-order chi connectivity index (χ0) is 13.6. The van der Waals surface area contributed by atoms with Gasteiger partial charge in [-0.05, 0) is 32.3 Å². The molecule has 106 valence electrons. The predicted octanol–water partition coefficient (Wildman–Crippen LogP) is 2.32. The van der Waals surface area contributed by atoms with Gasteiger partial charge < -0.3 is 15.4 Å². The molecule has 0 bridgehead atoms. The SMILES string of the molecule is CC1(C)CC(NCCNCc2ccccc2)CCO1. The minimum Gasteiger partial charge on any atom is -0.375 e. The number of hydrogen-bond donors (Lipinski definition) is 2. The molecule has 19 heavy (non-hydrogen) atoms. The minimum absolute atomic E-state index is 0.0351. The van der Waals surface area contributed by atoms with E-state index in [4.69, 9.17) is 4.74 Å². The van der Waals surface area contributed by atoms with Crippen molar-refractivity contribution in [3.63, 3.8) is 0 Å². The lowest BCUT2D eigenvalue weighted by Crippen LogP contribution is -2.45. The first-order chi connectivity index (χ1) is 9.16. The fourth-order valence-electron chi connectivity index (χ4n) is 2.60. The third-order valence-electron chi connectivity index (χ3n) is 3.60. The van der Waals surface area contributed by atoms with Gasteiger partial charge in [-0.15, -0.1) is 0 Å². The molecule has 1 saturated heterocycles. The van der Waals surface area contributed by atoms with Crippen molar-refractivity contribution >= 4 is 0 Å². The smallest absolute Gasteiger partial charge is 0.0641 e. The maximum atomic E-state index is 5.73. The molecule has 1 heterocycles. The van der Waals surface area contributed by atoms with Crippen molar-refractivity contribution in [2.45, 2.75) is 44.9 Å². The number of hydrogen-bond acceptors (Lipinski definition) is 3. The zero-order valence-corrected chi connectivity index (χ0v) is 12.1. The van der Waals surface area contributed by atoms with Crippen molar-refractivity contribution in [2.24, 2.45) is 0 Å². The van der Waals surface area contributed by atoms with Gasteiger partial charge in [-0.1, -0.05) is 30.3 Å². The molecule has 0 radical (unpaired) electrons. The summed E-state index contributed by atoms with van der Waals surface area (Å²) in [5.74, 6) is 0. The number of ether oxygens (including phenoxy) is 1.